The third-order valence-electron chi connectivity index (χ3n) is 2.58. The first kappa shape index (κ1) is 13.8. The Labute approximate surface area is 103 Å². The van der Waals surface area contributed by atoms with Crippen LogP contribution >= 0.6 is 0 Å². The molecule has 1 fully saturated rings. The summed E-state index contributed by atoms with van der Waals surface area (Å²) in [6.45, 7) is 3.81. The van der Waals surface area contributed by atoms with Gasteiger partial charge in [0.2, 0.25) is 5.91 Å². The van der Waals surface area contributed by atoms with E-state index < -0.39 is 0 Å². The third kappa shape index (κ3) is 6.81. The maximum atomic E-state index is 11.4. The van der Waals surface area contributed by atoms with E-state index in [2.05, 4.69) is 27.9 Å². The van der Waals surface area contributed by atoms with E-state index in [0.717, 1.165) is 44.7 Å². The molecule has 3 N–H and O–H groups in total. The van der Waals surface area contributed by atoms with E-state index in [4.69, 9.17) is 0 Å². The lowest BCUT2D eigenvalue weighted by Gasteiger charge is -2.10. The van der Waals surface area contributed by atoms with Gasteiger partial charge < -0.3 is 16.0 Å². The topological polar surface area (TPSA) is 65.5 Å². The van der Waals surface area contributed by atoms with E-state index in [9.17, 15) is 4.79 Å². The molecule has 0 radical (unpaired) electrons. The summed E-state index contributed by atoms with van der Waals surface area (Å²) in [6, 6.07) is 0.467. The Hall–Kier alpha value is -1.26. The van der Waals surface area contributed by atoms with Crippen LogP contribution in [0.25, 0.3) is 0 Å². The van der Waals surface area contributed by atoms with Gasteiger partial charge in [-0.05, 0) is 25.7 Å². The number of nitrogens with zero attached hydrogens (tertiary/aromatic N) is 1. The number of amides is 1. The molecular weight excluding hydrogens is 216 g/mol. The molecule has 1 aliphatic carbocycles. The number of guanidine groups is 1. The molecule has 0 aromatic heterocycles. The van der Waals surface area contributed by atoms with E-state index in [1.807, 2.05) is 0 Å². The van der Waals surface area contributed by atoms with Crippen LogP contribution in [-0.2, 0) is 4.79 Å². The Bertz CT molecular complexity index is 261. The molecule has 1 amide bonds. The minimum Gasteiger partial charge on any atom is -0.356 e. The molecule has 0 bridgehead atoms. The van der Waals surface area contributed by atoms with E-state index in [1.54, 1.807) is 7.05 Å². The smallest absolute Gasteiger partial charge is 0.220 e. The molecule has 5 heteroatoms. The molecule has 5 nitrogen and oxygen atoms in total. The fourth-order valence-corrected chi connectivity index (χ4v) is 1.45. The molecule has 0 heterocycles. The summed E-state index contributed by atoms with van der Waals surface area (Å²) in [6.07, 6.45) is 4.80. The van der Waals surface area contributed by atoms with Gasteiger partial charge in [0.1, 0.15) is 0 Å². The second kappa shape index (κ2) is 7.92. The van der Waals surface area contributed by atoms with Crippen molar-refractivity contribution in [3.05, 3.63) is 0 Å². The number of rotatable bonds is 7. The number of hydrogen-bond donors (Lipinski definition) is 3. The molecule has 1 saturated carbocycles. The first-order chi connectivity index (χ1) is 8.26. The normalized spacial score (nSPS) is 15.5. The number of hydrogen-bond acceptors (Lipinski definition) is 2. The molecule has 0 saturated heterocycles. The van der Waals surface area contributed by atoms with Crippen LogP contribution in [-0.4, -0.2) is 38.0 Å². The first-order valence-corrected chi connectivity index (χ1v) is 6.50. The molecule has 0 aliphatic heterocycles. The second-order valence-electron chi connectivity index (χ2n) is 4.37. The van der Waals surface area contributed by atoms with Crippen molar-refractivity contribution in [2.24, 2.45) is 4.99 Å². The van der Waals surface area contributed by atoms with Gasteiger partial charge in [-0.15, -0.1) is 0 Å². The van der Waals surface area contributed by atoms with Gasteiger partial charge in [-0.2, -0.15) is 0 Å². The Morgan fingerprint density at radius 3 is 2.59 bits per heavy atom. The quantitative estimate of drug-likeness (QED) is 0.347. The van der Waals surface area contributed by atoms with Crippen molar-refractivity contribution in [2.75, 3.05) is 20.1 Å². The van der Waals surface area contributed by atoms with Crippen molar-refractivity contribution in [2.45, 2.75) is 45.1 Å². The van der Waals surface area contributed by atoms with Gasteiger partial charge in [-0.1, -0.05) is 6.92 Å². The van der Waals surface area contributed by atoms with Crippen LogP contribution in [0.4, 0.5) is 0 Å². The molecule has 0 aromatic carbocycles. The summed E-state index contributed by atoms with van der Waals surface area (Å²) in [5.74, 6) is 0.986. The highest BCUT2D eigenvalue weighted by Crippen LogP contribution is 2.18. The fourth-order valence-electron chi connectivity index (χ4n) is 1.45. The highest BCUT2D eigenvalue weighted by atomic mass is 16.1. The van der Waals surface area contributed by atoms with Crippen LogP contribution in [0.2, 0.25) is 0 Å². The average Bonchev–Trinajstić information content (AvgIpc) is 3.12. The fraction of sp³-hybridized carbons (Fsp3) is 0.833. The summed E-state index contributed by atoms with van der Waals surface area (Å²) in [5.41, 5.74) is 0. The van der Waals surface area contributed by atoms with Crippen LogP contribution in [0.5, 0.6) is 0 Å². The summed E-state index contributed by atoms with van der Waals surface area (Å²) in [7, 11) is 1.75. The van der Waals surface area contributed by atoms with Crippen LogP contribution in [0.1, 0.15) is 39.0 Å². The van der Waals surface area contributed by atoms with Gasteiger partial charge in [-0.3, -0.25) is 9.79 Å². The summed E-state index contributed by atoms with van der Waals surface area (Å²) in [4.78, 5) is 15.5. The first-order valence-electron chi connectivity index (χ1n) is 6.50. The number of nitrogens with one attached hydrogen (secondary N) is 3. The molecule has 0 unspecified atom stereocenters. The molecular formula is C12H24N4O. The standard InChI is InChI=1S/C12H24N4O/c1-3-8-14-12(13-2)15-9-4-5-11(17)16-10-6-7-10/h10H,3-9H2,1-2H3,(H,16,17)(H2,13,14,15). The van der Waals surface area contributed by atoms with Crippen molar-refractivity contribution in [1.82, 2.24) is 16.0 Å². The highest BCUT2D eigenvalue weighted by molar-refractivity contribution is 5.79. The van der Waals surface area contributed by atoms with Crippen LogP contribution < -0.4 is 16.0 Å². The van der Waals surface area contributed by atoms with Crippen molar-refractivity contribution in [3.63, 3.8) is 0 Å². The van der Waals surface area contributed by atoms with Crippen molar-refractivity contribution >= 4 is 11.9 Å². The molecule has 1 rings (SSSR count). The average molecular weight is 240 g/mol. The van der Waals surface area contributed by atoms with E-state index in [0.29, 0.717) is 12.5 Å². The lowest BCUT2D eigenvalue weighted by molar-refractivity contribution is -0.121. The van der Waals surface area contributed by atoms with E-state index in [-0.39, 0.29) is 5.91 Å². The Morgan fingerprint density at radius 1 is 1.29 bits per heavy atom. The van der Waals surface area contributed by atoms with Gasteiger partial charge >= 0.3 is 0 Å². The van der Waals surface area contributed by atoms with Gasteiger partial charge in [0.05, 0.1) is 0 Å². The molecule has 1 aliphatic rings. The zero-order valence-corrected chi connectivity index (χ0v) is 10.9. The summed E-state index contributed by atoms with van der Waals surface area (Å²) < 4.78 is 0. The second-order valence-corrected chi connectivity index (χ2v) is 4.37. The van der Waals surface area contributed by atoms with Crippen molar-refractivity contribution in [3.8, 4) is 0 Å². The maximum absolute atomic E-state index is 11.4. The Balaban J connectivity index is 1.99. The van der Waals surface area contributed by atoms with E-state index in [1.165, 1.54) is 0 Å². The zero-order chi connectivity index (χ0) is 12.5. The number of aliphatic imine (C=N–C) groups is 1. The van der Waals surface area contributed by atoms with Crippen molar-refractivity contribution in [1.29, 1.82) is 0 Å². The Morgan fingerprint density at radius 2 is 2.00 bits per heavy atom. The van der Waals surface area contributed by atoms with Crippen molar-refractivity contribution < 1.29 is 4.79 Å². The molecule has 0 aromatic rings. The maximum Gasteiger partial charge on any atom is 0.220 e. The zero-order valence-electron chi connectivity index (χ0n) is 10.9. The van der Waals surface area contributed by atoms with Crippen LogP contribution in [0.3, 0.4) is 0 Å². The van der Waals surface area contributed by atoms with Crippen LogP contribution in [0.15, 0.2) is 4.99 Å². The number of carbonyl (C=O) groups is 1. The Kier molecular flexibility index (Phi) is 6.43. The predicted molar refractivity (Wildman–Crippen MR) is 70.1 cm³/mol. The van der Waals surface area contributed by atoms with Gasteiger partial charge in [0, 0.05) is 32.6 Å². The minimum atomic E-state index is 0.172. The molecule has 0 spiro atoms. The minimum absolute atomic E-state index is 0.172. The summed E-state index contributed by atoms with van der Waals surface area (Å²) in [5, 5.41) is 9.35. The molecule has 17 heavy (non-hydrogen) atoms. The van der Waals surface area contributed by atoms with Crippen LogP contribution in [0, 0.1) is 0 Å². The van der Waals surface area contributed by atoms with E-state index >= 15 is 0 Å². The monoisotopic (exact) mass is 240 g/mol. The van der Waals surface area contributed by atoms with Gasteiger partial charge in [0.25, 0.3) is 0 Å². The van der Waals surface area contributed by atoms with Gasteiger partial charge in [0.15, 0.2) is 5.96 Å². The lowest BCUT2D eigenvalue weighted by atomic mass is 10.3. The predicted octanol–water partition coefficient (Wildman–Crippen LogP) is 0.620. The highest BCUT2D eigenvalue weighted by Gasteiger charge is 2.22. The largest absolute Gasteiger partial charge is 0.356 e. The molecule has 0 atom stereocenters. The number of carbonyl (C=O) groups excluding carboxylic acids is 1. The third-order valence-corrected chi connectivity index (χ3v) is 2.58. The van der Waals surface area contributed by atoms with Gasteiger partial charge in [-0.25, -0.2) is 0 Å². The molecule has 98 valence electrons. The lowest BCUT2D eigenvalue weighted by Crippen LogP contribution is -2.38. The summed E-state index contributed by atoms with van der Waals surface area (Å²) >= 11 is 0. The SMILES string of the molecule is CCCNC(=NC)NCCCC(=O)NC1CC1.